The number of methoxy groups -OCH3 is 1. The number of nitrogens with zero attached hydrogens (tertiary/aromatic N) is 2. The Bertz CT molecular complexity index is 867. The molecule has 3 rings (SSSR count). The summed E-state index contributed by atoms with van der Waals surface area (Å²) in [7, 11) is -1.74. The van der Waals surface area contributed by atoms with Crippen LogP contribution in [-0.2, 0) is 15.8 Å². The molecule has 28 heavy (non-hydrogen) atoms. The van der Waals surface area contributed by atoms with E-state index in [0.717, 1.165) is 31.9 Å². The van der Waals surface area contributed by atoms with E-state index in [0.29, 0.717) is 23.7 Å². The number of rotatable bonds is 8. The summed E-state index contributed by atoms with van der Waals surface area (Å²) in [6.45, 7) is 4.72. The van der Waals surface area contributed by atoms with Gasteiger partial charge in [-0.2, -0.15) is 0 Å². The van der Waals surface area contributed by atoms with Crippen molar-refractivity contribution in [3.8, 4) is 5.75 Å². The van der Waals surface area contributed by atoms with Crippen LogP contribution in [0.5, 0.6) is 5.75 Å². The standard InChI is InChI=1S/C20H26ClN3O3S/c1-27-19-8-6-18(7-9-19)24-14-12-23(13-15-24)11-10-22-28(25,26)16-17-4-2-3-5-20(17)21/h2-9,22H,10-16H2,1H3. The van der Waals surface area contributed by atoms with Gasteiger partial charge in [0, 0.05) is 50.0 Å². The summed E-state index contributed by atoms with van der Waals surface area (Å²) >= 11 is 6.06. The Morgan fingerprint density at radius 1 is 1.04 bits per heavy atom. The highest BCUT2D eigenvalue weighted by molar-refractivity contribution is 7.88. The first-order valence-electron chi connectivity index (χ1n) is 9.29. The zero-order chi connectivity index (χ0) is 20.0. The predicted octanol–water partition coefficient (Wildman–Crippen LogP) is 2.59. The molecule has 0 spiro atoms. The summed E-state index contributed by atoms with van der Waals surface area (Å²) in [5.41, 5.74) is 1.80. The summed E-state index contributed by atoms with van der Waals surface area (Å²) < 4.78 is 32.4. The molecule has 1 aliphatic heterocycles. The van der Waals surface area contributed by atoms with Crippen LogP contribution in [0.4, 0.5) is 5.69 Å². The quantitative estimate of drug-likeness (QED) is 0.707. The van der Waals surface area contributed by atoms with Crippen LogP contribution in [0, 0.1) is 0 Å². The second-order valence-corrected chi connectivity index (χ2v) is 8.99. The molecular formula is C20H26ClN3O3S. The van der Waals surface area contributed by atoms with Crippen molar-refractivity contribution >= 4 is 27.3 Å². The number of sulfonamides is 1. The largest absolute Gasteiger partial charge is 0.497 e. The highest BCUT2D eigenvalue weighted by Gasteiger charge is 2.18. The molecule has 152 valence electrons. The summed E-state index contributed by atoms with van der Waals surface area (Å²) in [5.74, 6) is 0.754. The Kier molecular flexibility index (Phi) is 7.18. The van der Waals surface area contributed by atoms with Crippen molar-refractivity contribution in [2.45, 2.75) is 5.75 Å². The molecule has 0 bridgehead atoms. The molecule has 6 nitrogen and oxygen atoms in total. The third kappa shape index (κ3) is 5.85. The summed E-state index contributed by atoms with van der Waals surface area (Å²) in [6, 6.07) is 15.1. The lowest BCUT2D eigenvalue weighted by atomic mass is 10.2. The van der Waals surface area contributed by atoms with Gasteiger partial charge in [0.25, 0.3) is 0 Å². The van der Waals surface area contributed by atoms with E-state index in [-0.39, 0.29) is 5.75 Å². The molecule has 0 unspecified atom stereocenters. The van der Waals surface area contributed by atoms with Crippen molar-refractivity contribution in [3.63, 3.8) is 0 Å². The van der Waals surface area contributed by atoms with E-state index in [1.54, 1.807) is 31.4 Å². The van der Waals surface area contributed by atoms with Gasteiger partial charge in [0.1, 0.15) is 5.75 Å². The Balaban J connectivity index is 1.42. The van der Waals surface area contributed by atoms with Crippen LogP contribution in [0.25, 0.3) is 0 Å². The van der Waals surface area contributed by atoms with Crippen LogP contribution in [0.3, 0.4) is 0 Å². The van der Waals surface area contributed by atoms with Gasteiger partial charge in [-0.25, -0.2) is 13.1 Å². The van der Waals surface area contributed by atoms with Crippen molar-refractivity contribution in [1.82, 2.24) is 9.62 Å². The van der Waals surface area contributed by atoms with Crippen LogP contribution in [0.2, 0.25) is 5.02 Å². The number of nitrogens with one attached hydrogen (secondary N) is 1. The maximum atomic E-state index is 12.3. The van der Waals surface area contributed by atoms with E-state index in [2.05, 4.69) is 26.7 Å². The monoisotopic (exact) mass is 423 g/mol. The molecule has 0 radical (unpaired) electrons. The molecule has 2 aromatic carbocycles. The van der Waals surface area contributed by atoms with Crippen LogP contribution in [0.1, 0.15) is 5.56 Å². The number of hydrogen-bond donors (Lipinski definition) is 1. The molecule has 2 aromatic rings. The number of anilines is 1. The molecule has 8 heteroatoms. The summed E-state index contributed by atoms with van der Waals surface area (Å²) in [6.07, 6.45) is 0. The second kappa shape index (κ2) is 9.60. The van der Waals surface area contributed by atoms with Crippen LogP contribution >= 0.6 is 11.6 Å². The highest BCUT2D eigenvalue weighted by atomic mass is 35.5. The molecule has 0 atom stereocenters. The lowest BCUT2D eigenvalue weighted by molar-refractivity contribution is 0.262. The Labute approximate surface area is 172 Å². The zero-order valence-corrected chi connectivity index (χ0v) is 17.5. The van der Waals surface area contributed by atoms with E-state index < -0.39 is 10.0 Å². The minimum Gasteiger partial charge on any atom is -0.497 e. The van der Waals surface area contributed by atoms with Crippen molar-refractivity contribution in [3.05, 3.63) is 59.1 Å². The van der Waals surface area contributed by atoms with Gasteiger partial charge in [-0.1, -0.05) is 29.8 Å². The number of ether oxygens (including phenoxy) is 1. The molecule has 0 amide bonds. The van der Waals surface area contributed by atoms with Gasteiger partial charge in [0.15, 0.2) is 0 Å². The lowest BCUT2D eigenvalue weighted by Gasteiger charge is -2.36. The highest BCUT2D eigenvalue weighted by Crippen LogP contribution is 2.20. The maximum absolute atomic E-state index is 12.3. The number of piperazine rings is 1. The summed E-state index contributed by atoms with van der Waals surface area (Å²) in [5, 5.41) is 0.475. The minimum atomic E-state index is -3.40. The average Bonchev–Trinajstić information content (AvgIpc) is 2.70. The third-order valence-corrected chi connectivity index (χ3v) is 6.57. The number of benzene rings is 2. The fraction of sp³-hybridized carbons (Fsp3) is 0.400. The SMILES string of the molecule is COc1ccc(N2CCN(CCNS(=O)(=O)Cc3ccccc3Cl)CC2)cc1. The molecule has 0 saturated carbocycles. The molecule has 1 saturated heterocycles. The molecule has 1 aliphatic rings. The van der Waals surface area contributed by atoms with Gasteiger partial charge >= 0.3 is 0 Å². The second-order valence-electron chi connectivity index (χ2n) is 6.77. The number of hydrogen-bond acceptors (Lipinski definition) is 5. The zero-order valence-electron chi connectivity index (χ0n) is 16.0. The topological polar surface area (TPSA) is 61.9 Å². The Morgan fingerprint density at radius 3 is 2.36 bits per heavy atom. The smallest absolute Gasteiger partial charge is 0.215 e. The molecular weight excluding hydrogens is 398 g/mol. The molecule has 1 N–H and O–H groups in total. The number of halogens is 1. The van der Waals surface area contributed by atoms with E-state index >= 15 is 0 Å². The van der Waals surface area contributed by atoms with Gasteiger partial charge in [-0.3, -0.25) is 4.90 Å². The van der Waals surface area contributed by atoms with Gasteiger partial charge < -0.3 is 9.64 Å². The van der Waals surface area contributed by atoms with Crippen LogP contribution < -0.4 is 14.4 Å². The molecule has 0 aliphatic carbocycles. The third-order valence-electron chi connectivity index (χ3n) is 4.86. The first-order valence-corrected chi connectivity index (χ1v) is 11.3. The normalized spacial score (nSPS) is 15.6. The fourth-order valence-electron chi connectivity index (χ4n) is 3.25. The van der Waals surface area contributed by atoms with E-state index in [1.807, 2.05) is 12.1 Å². The van der Waals surface area contributed by atoms with Crippen molar-refractivity contribution in [2.24, 2.45) is 0 Å². The average molecular weight is 424 g/mol. The van der Waals surface area contributed by atoms with Crippen molar-refractivity contribution in [1.29, 1.82) is 0 Å². The van der Waals surface area contributed by atoms with E-state index in [1.165, 1.54) is 5.69 Å². The van der Waals surface area contributed by atoms with Gasteiger partial charge in [-0.05, 0) is 35.9 Å². The van der Waals surface area contributed by atoms with Gasteiger partial charge in [-0.15, -0.1) is 0 Å². The van der Waals surface area contributed by atoms with Gasteiger partial charge in [0.2, 0.25) is 10.0 Å². The molecule has 1 fully saturated rings. The van der Waals surface area contributed by atoms with E-state index in [4.69, 9.17) is 16.3 Å². The van der Waals surface area contributed by atoms with Crippen molar-refractivity contribution < 1.29 is 13.2 Å². The molecule has 0 aromatic heterocycles. The van der Waals surface area contributed by atoms with Crippen LogP contribution in [-0.4, -0.2) is 59.7 Å². The summed E-state index contributed by atoms with van der Waals surface area (Å²) in [4.78, 5) is 4.61. The van der Waals surface area contributed by atoms with Crippen molar-refractivity contribution in [2.75, 3.05) is 51.3 Å². The molecule has 1 heterocycles. The predicted molar refractivity (Wildman–Crippen MR) is 114 cm³/mol. The lowest BCUT2D eigenvalue weighted by Crippen LogP contribution is -2.48. The Hall–Kier alpha value is -1.80. The van der Waals surface area contributed by atoms with E-state index in [9.17, 15) is 8.42 Å². The maximum Gasteiger partial charge on any atom is 0.215 e. The fourth-order valence-corrected chi connectivity index (χ4v) is 4.70. The van der Waals surface area contributed by atoms with Gasteiger partial charge in [0.05, 0.1) is 12.9 Å². The Morgan fingerprint density at radius 2 is 1.71 bits per heavy atom. The first-order chi connectivity index (χ1) is 13.5. The minimum absolute atomic E-state index is 0.0993. The van der Waals surface area contributed by atoms with Crippen LogP contribution in [0.15, 0.2) is 48.5 Å². The first kappa shape index (κ1) is 20.9.